The van der Waals surface area contributed by atoms with E-state index in [0.29, 0.717) is 0 Å². The van der Waals surface area contributed by atoms with Gasteiger partial charge in [0.1, 0.15) is 0 Å². The maximum Gasteiger partial charge on any atom is 0.0867 e. The van der Waals surface area contributed by atoms with Crippen LogP contribution in [0.3, 0.4) is 0 Å². The van der Waals surface area contributed by atoms with Gasteiger partial charge in [0.05, 0.1) is 11.5 Å². The zero-order valence-electron chi connectivity index (χ0n) is 6.36. The van der Waals surface area contributed by atoms with Crippen LogP contribution in [0.15, 0.2) is 4.99 Å². The summed E-state index contributed by atoms with van der Waals surface area (Å²) in [7, 11) is 0. The lowest BCUT2D eigenvalue weighted by molar-refractivity contribution is 0.507. The molecule has 3 nitrogen and oxygen atoms in total. The van der Waals surface area contributed by atoms with E-state index in [-0.39, 0.29) is 11.7 Å². The Labute approximate surface area is 56.3 Å². The molecule has 0 saturated heterocycles. The average molecular weight is 129 g/mol. The van der Waals surface area contributed by atoms with Crippen molar-refractivity contribution >= 4 is 6.01 Å². The van der Waals surface area contributed by atoms with Crippen molar-refractivity contribution in [2.45, 2.75) is 32.7 Å². The third-order valence-electron chi connectivity index (χ3n) is 1.22. The third-order valence-corrected chi connectivity index (χ3v) is 1.22. The maximum absolute atomic E-state index is 6.54. The molecule has 4 N–H and O–H groups in total. The summed E-state index contributed by atoms with van der Waals surface area (Å²) in [6, 6.07) is 2.03. The zero-order valence-corrected chi connectivity index (χ0v) is 6.36. The van der Waals surface area contributed by atoms with Crippen molar-refractivity contribution in [3.8, 4) is 0 Å². The summed E-state index contributed by atoms with van der Waals surface area (Å²) >= 11 is 0. The molecule has 0 aromatic carbocycles. The Balaban J connectivity index is 0. The second-order valence-corrected chi connectivity index (χ2v) is 2.39. The van der Waals surface area contributed by atoms with E-state index in [1.807, 2.05) is 26.8 Å². The fraction of sp³-hybridized carbons (Fsp3) is 0.833. The highest BCUT2D eigenvalue weighted by molar-refractivity contribution is 5.37. The molecule has 3 heteroatoms. The summed E-state index contributed by atoms with van der Waals surface area (Å²) in [6.45, 7) is 6.00. The topological polar surface area (TPSA) is 71.2 Å². The van der Waals surface area contributed by atoms with Gasteiger partial charge in [-0.25, -0.2) is 10.4 Å². The average Bonchev–Trinajstić information content (AvgIpc) is 1.67. The van der Waals surface area contributed by atoms with Gasteiger partial charge in [0, 0.05) is 0 Å². The van der Waals surface area contributed by atoms with Crippen molar-refractivity contribution in [3.63, 3.8) is 0 Å². The molecule has 0 aliphatic rings. The number of nitrogens with zero attached hydrogens (tertiary/aromatic N) is 1. The highest BCUT2D eigenvalue weighted by atomic mass is 14.8. The first-order chi connectivity index (χ1) is 3.62. The van der Waals surface area contributed by atoms with Crippen molar-refractivity contribution in [1.82, 2.24) is 6.15 Å². The van der Waals surface area contributed by atoms with E-state index in [2.05, 4.69) is 4.99 Å². The van der Waals surface area contributed by atoms with Gasteiger partial charge in [0.15, 0.2) is 0 Å². The largest absolute Gasteiger partial charge is 0.344 e. The highest BCUT2D eigenvalue weighted by Gasteiger charge is 2.10. The second-order valence-electron chi connectivity index (χ2n) is 2.39. The summed E-state index contributed by atoms with van der Waals surface area (Å²) in [5.74, 6) is 0. The lowest BCUT2D eigenvalue weighted by Crippen LogP contribution is -2.13. The van der Waals surface area contributed by atoms with E-state index >= 15 is 0 Å². The van der Waals surface area contributed by atoms with Crippen molar-refractivity contribution in [1.29, 1.82) is 5.41 Å². The van der Waals surface area contributed by atoms with Gasteiger partial charge >= 0.3 is 0 Å². The van der Waals surface area contributed by atoms with Crippen LogP contribution in [0, 0.1) is 5.41 Å². The Morgan fingerprint density at radius 1 is 1.56 bits per heavy atom. The number of hydrogen-bond donors (Lipinski definition) is 2. The minimum Gasteiger partial charge on any atom is -0.344 e. The van der Waals surface area contributed by atoms with Crippen LogP contribution >= 0.6 is 0 Å². The third kappa shape index (κ3) is 5.21. The molecule has 0 saturated carbocycles. The van der Waals surface area contributed by atoms with Crippen LogP contribution in [-0.4, -0.2) is 11.5 Å². The molecule has 0 radical (unpaired) electrons. The first-order valence-electron chi connectivity index (χ1n) is 2.76. The molecule has 0 rings (SSSR count). The van der Waals surface area contributed by atoms with Crippen molar-refractivity contribution in [3.05, 3.63) is 0 Å². The van der Waals surface area contributed by atoms with E-state index in [0.717, 1.165) is 6.42 Å². The molecule has 0 aromatic rings. The molecule has 9 heavy (non-hydrogen) atoms. The van der Waals surface area contributed by atoms with Gasteiger partial charge in [-0.05, 0) is 20.3 Å². The van der Waals surface area contributed by atoms with E-state index in [4.69, 9.17) is 5.41 Å². The Hall–Kier alpha value is -0.660. The van der Waals surface area contributed by atoms with Gasteiger partial charge in [0.2, 0.25) is 0 Å². The second kappa shape index (κ2) is 4.24. The van der Waals surface area contributed by atoms with Gasteiger partial charge < -0.3 is 6.15 Å². The minimum absolute atomic E-state index is 0. The molecule has 0 unspecified atom stereocenters. The molecule has 0 amide bonds. The van der Waals surface area contributed by atoms with E-state index in [1.54, 1.807) is 0 Å². The highest BCUT2D eigenvalue weighted by Crippen LogP contribution is 2.10. The fourth-order valence-electron chi connectivity index (χ4n) is 0.230. The molecular weight excluding hydrogens is 114 g/mol. The molecule has 54 valence electrons. The molecule has 0 aliphatic carbocycles. The predicted octanol–water partition coefficient (Wildman–Crippen LogP) is 2.09. The summed E-state index contributed by atoms with van der Waals surface area (Å²) in [6.07, 6.45) is 0.957. The van der Waals surface area contributed by atoms with Crippen LogP contribution in [0.25, 0.3) is 0 Å². The molecule has 0 fully saturated rings. The summed E-state index contributed by atoms with van der Waals surface area (Å²) in [5, 5.41) is 6.54. The first-order valence-corrected chi connectivity index (χ1v) is 2.76. The molecule has 0 bridgehead atoms. The molecular formula is C6H15N3. The first kappa shape index (κ1) is 11.2. The number of rotatable bonds is 2. The molecule has 0 spiro atoms. The Morgan fingerprint density at radius 2 is 2.00 bits per heavy atom. The van der Waals surface area contributed by atoms with Gasteiger partial charge in [-0.15, -0.1) is 0 Å². The standard InChI is InChI=1S/C6H12N2.H3N/c1-4-6(2,3)8-5-7;/h7H,4H2,1-3H3;1H3. The van der Waals surface area contributed by atoms with Gasteiger partial charge in [-0.1, -0.05) is 6.92 Å². The van der Waals surface area contributed by atoms with Crippen molar-refractivity contribution in [2.24, 2.45) is 4.99 Å². The van der Waals surface area contributed by atoms with E-state index in [9.17, 15) is 0 Å². The lowest BCUT2D eigenvalue weighted by Gasteiger charge is -2.12. The number of aliphatic imine (C=N–C) groups is 1. The van der Waals surface area contributed by atoms with Crippen molar-refractivity contribution < 1.29 is 0 Å². The predicted molar refractivity (Wildman–Crippen MR) is 39.5 cm³/mol. The van der Waals surface area contributed by atoms with Crippen LogP contribution < -0.4 is 6.15 Å². The number of hydrogen-bond acceptors (Lipinski definition) is 3. The van der Waals surface area contributed by atoms with Crippen molar-refractivity contribution in [2.75, 3.05) is 0 Å². The van der Waals surface area contributed by atoms with Gasteiger partial charge in [-0.3, -0.25) is 0 Å². The smallest absolute Gasteiger partial charge is 0.0867 e. The number of nitrogens with one attached hydrogen (secondary N) is 1. The van der Waals surface area contributed by atoms with Gasteiger partial charge in [-0.2, -0.15) is 0 Å². The summed E-state index contributed by atoms with van der Waals surface area (Å²) in [5.41, 5.74) is -0.0816. The Morgan fingerprint density at radius 3 is 2.11 bits per heavy atom. The quantitative estimate of drug-likeness (QED) is 0.550. The molecule has 0 atom stereocenters. The fourth-order valence-corrected chi connectivity index (χ4v) is 0.230. The summed E-state index contributed by atoms with van der Waals surface area (Å²) < 4.78 is 0. The molecule has 0 aliphatic heterocycles. The van der Waals surface area contributed by atoms with Crippen LogP contribution in [0.2, 0.25) is 0 Å². The molecule has 0 heterocycles. The normalized spacial score (nSPS) is 9.22. The Kier molecular flexibility index (Phi) is 5.27. The monoisotopic (exact) mass is 129 g/mol. The maximum atomic E-state index is 6.54. The van der Waals surface area contributed by atoms with E-state index < -0.39 is 0 Å². The Bertz CT molecular complexity index is 111. The zero-order chi connectivity index (χ0) is 6.62. The minimum atomic E-state index is -0.0816. The van der Waals surface area contributed by atoms with Gasteiger partial charge in [0.25, 0.3) is 0 Å². The van der Waals surface area contributed by atoms with E-state index in [1.165, 1.54) is 0 Å². The lowest BCUT2D eigenvalue weighted by atomic mass is 10.0. The molecule has 0 aromatic heterocycles. The summed E-state index contributed by atoms with van der Waals surface area (Å²) in [4.78, 5) is 3.79. The van der Waals surface area contributed by atoms with Crippen LogP contribution in [-0.2, 0) is 0 Å². The van der Waals surface area contributed by atoms with Crippen LogP contribution in [0.5, 0.6) is 0 Å². The van der Waals surface area contributed by atoms with Crippen LogP contribution in [0.1, 0.15) is 27.2 Å². The van der Waals surface area contributed by atoms with Crippen LogP contribution in [0.4, 0.5) is 0 Å². The SMILES string of the molecule is CCC(C)(C)N=C=N.N.